The van der Waals surface area contributed by atoms with E-state index in [0.29, 0.717) is 11.5 Å². The molecule has 0 amide bonds. The van der Waals surface area contributed by atoms with Crippen LogP contribution in [0.5, 0.6) is 5.88 Å². The highest BCUT2D eigenvalue weighted by Crippen LogP contribution is 2.45. The Morgan fingerprint density at radius 3 is 2.44 bits per heavy atom. The van der Waals surface area contributed by atoms with Gasteiger partial charge in [-0.15, -0.1) is 5.10 Å². The van der Waals surface area contributed by atoms with E-state index in [2.05, 4.69) is 16.3 Å². The minimum absolute atomic E-state index is 0.0952. The summed E-state index contributed by atoms with van der Waals surface area (Å²) < 4.78 is 5.64. The average molecular weight is 357 g/mol. The largest absolute Gasteiger partial charge is 0.420 e. The summed E-state index contributed by atoms with van der Waals surface area (Å²) in [5.41, 5.74) is 11.1. The number of nitrogens with one attached hydrogen (secondary N) is 1. The lowest BCUT2D eigenvalue weighted by molar-refractivity contribution is 0.379. The van der Waals surface area contributed by atoms with E-state index in [0.717, 1.165) is 28.1 Å². The Balaban J connectivity index is 1.90. The summed E-state index contributed by atoms with van der Waals surface area (Å²) in [6, 6.07) is 20.2. The van der Waals surface area contributed by atoms with Gasteiger partial charge in [-0.1, -0.05) is 42.5 Å². The van der Waals surface area contributed by atoms with E-state index in [1.165, 1.54) is 0 Å². The first-order valence-electron chi connectivity index (χ1n) is 8.58. The van der Waals surface area contributed by atoms with E-state index in [1.54, 1.807) is 0 Å². The highest BCUT2D eigenvalue weighted by molar-refractivity contribution is 5.71. The van der Waals surface area contributed by atoms with Crippen molar-refractivity contribution in [3.8, 4) is 23.2 Å². The van der Waals surface area contributed by atoms with E-state index >= 15 is 0 Å². The van der Waals surface area contributed by atoms with Crippen LogP contribution in [0.4, 0.5) is 5.69 Å². The fraction of sp³-hybridized carbons (Fsp3) is 0.143. The molecule has 1 aliphatic rings. The number of hydrogen-bond donors (Lipinski definition) is 2. The maximum absolute atomic E-state index is 9.75. The van der Waals surface area contributed by atoms with Gasteiger partial charge < -0.3 is 15.4 Å². The van der Waals surface area contributed by atoms with Crippen molar-refractivity contribution in [2.45, 2.75) is 5.92 Å². The van der Waals surface area contributed by atoms with Crippen LogP contribution in [0, 0.1) is 11.3 Å². The molecule has 0 aliphatic carbocycles. The molecule has 4 rings (SSSR count). The molecule has 1 aromatic heterocycles. The lowest BCUT2D eigenvalue weighted by Crippen LogP contribution is -2.21. The van der Waals surface area contributed by atoms with E-state index in [-0.39, 0.29) is 11.8 Å². The number of fused-ring (bicyclic) bond motifs is 1. The fourth-order valence-electron chi connectivity index (χ4n) is 3.37. The van der Waals surface area contributed by atoms with Crippen molar-refractivity contribution >= 4 is 5.69 Å². The molecule has 1 aliphatic heterocycles. The Morgan fingerprint density at radius 2 is 1.81 bits per heavy atom. The van der Waals surface area contributed by atoms with Gasteiger partial charge >= 0.3 is 0 Å². The maximum Gasteiger partial charge on any atom is 0.244 e. The lowest BCUT2D eigenvalue weighted by atomic mass is 9.83. The molecule has 0 spiro atoms. The van der Waals surface area contributed by atoms with E-state index < -0.39 is 0 Å². The maximum atomic E-state index is 9.75. The first-order valence-corrected chi connectivity index (χ1v) is 8.58. The molecule has 3 aromatic rings. The van der Waals surface area contributed by atoms with Crippen molar-refractivity contribution < 1.29 is 4.74 Å². The van der Waals surface area contributed by atoms with Gasteiger partial charge in [-0.25, -0.2) is 0 Å². The fourth-order valence-corrected chi connectivity index (χ4v) is 3.37. The molecular formula is C21H19N5O. The Kier molecular flexibility index (Phi) is 4.05. The molecule has 0 bridgehead atoms. The third-order valence-electron chi connectivity index (χ3n) is 4.74. The first-order chi connectivity index (χ1) is 13.1. The molecule has 3 N–H and O–H groups in total. The molecule has 6 heteroatoms. The lowest BCUT2D eigenvalue weighted by Gasteiger charge is -2.24. The van der Waals surface area contributed by atoms with Crippen LogP contribution in [0.3, 0.4) is 0 Å². The van der Waals surface area contributed by atoms with E-state index in [4.69, 9.17) is 10.5 Å². The summed E-state index contributed by atoms with van der Waals surface area (Å²) in [4.78, 5) is 2.03. The number of rotatable bonds is 3. The molecule has 0 saturated heterocycles. The van der Waals surface area contributed by atoms with E-state index in [9.17, 15) is 5.26 Å². The first kappa shape index (κ1) is 16.7. The number of nitrogens with two attached hydrogens (primary N) is 1. The number of anilines is 1. The van der Waals surface area contributed by atoms with Gasteiger partial charge in [0, 0.05) is 19.8 Å². The quantitative estimate of drug-likeness (QED) is 0.750. The van der Waals surface area contributed by atoms with Crippen molar-refractivity contribution in [2.24, 2.45) is 5.73 Å². The summed E-state index contributed by atoms with van der Waals surface area (Å²) in [6.45, 7) is 0. The van der Waals surface area contributed by atoms with Crippen LogP contribution >= 0.6 is 0 Å². The number of benzene rings is 2. The number of nitrogens with zero attached hydrogens (tertiary/aromatic N) is 3. The Labute approximate surface area is 157 Å². The summed E-state index contributed by atoms with van der Waals surface area (Å²) in [6.07, 6.45) is 0. The number of aromatic amines is 1. The Morgan fingerprint density at radius 1 is 1.11 bits per heavy atom. The molecule has 2 heterocycles. The topological polar surface area (TPSA) is 91.0 Å². The van der Waals surface area contributed by atoms with Crippen LogP contribution in [0.1, 0.15) is 17.0 Å². The van der Waals surface area contributed by atoms with Crippen molar-refractivity contribution in [1.82, 2.24) is 10.2 Å². The van der Waals surface area contributed by atoms with Crippen LogP contribution in [-0.2, 0) is 0 Å². The number of nitriles is 1. The van der Waals surface area contributed by atoms with Gasteiger partial charge in [-0.2, -0.15) is 5.26 Å². The SMILES string of the molecule is CN(C)c1ccc([C@@H]2C(C#N)=C(N)Oc3n[nH]c(-c4ccccc4)c32)cc1. The van der Waals surface area contributed by atoms with Crippen LogP contribution in [0.2, 0.25) is 0 Å². The Bertz CT molecular complexity index is 1040. The molecule has 0 unspecified atom stereocenters. The number of ether oxygens (including phenoxy) is 1. The summed E-state index contributed by atoms with van der Waals surface area (Å²) >= 11 is 0. The number of aromatic nitrogens is 2. The zero-order valence-electron chi connectivity index (χ0n) is 15.1. The van der Waals surface area contributed by atoms with Gasteiger partial charge in [-0.3, -0.25) is 5.10 Å². The minimum Gasteiger partial charge on any atom is -0.420 e. The molecule has 2 aromatic carbocycles. The number of hydrogen-bond acceptors (Lipinski definition) is 5. The molecule has 0 radical (unpaired) electrons. The highest BCUT2D eigenvalue weighted by atomic mass is 16.5. The van der Waals surface area contributed by atoms with Crippen molar-refractivity contribution in [2.75, 3.05) is 19.0 Å². The molecule has 27 heavy (non-hydrogen) atoms. The zero-order chi connectivity index (χ0) is 19.0. The van der Waals surface area contributed by atoms with Gasteiger partial charge in [0.05, 0.1) is 17.2 Å². The zero-order valence-corrected chi connectivity index (χ0v) is 15.1. The standard InChI is InChI=1S/C21H19N5O/c1-26(2)15-10-8-13(9-11-15)17-16(12-22)20(23)27-21-18(17)19(24-25-21)14-6-4-3-5-7-14/h3-11,17H,23H2,1-2H3,(H,24,25)/t17-/m1/s1. The van der Waals surface area contributed by atoms with Gasteiger partial charge in [0.2, 0.25) is 11.8 Å². The molecular weight excluding hydrogens is 338 g/mol. The molecule has 1 atom stereocenters. The van der Waals surface area contributed by atoms with Gasteiger partial charge in [0.15, 0.2) is 0 Å². The van der Waals surface area contributed by atoms with Crippen LogP contribution in [0.25, 0.3) is 11.3 Å². The predicted molar refractivity (Wildman–Crippen MR) is 104 cm³/mol. The summed E-state index contributed by atoms with van der Waals surface area (Å²) in [5, 5.41) is 17.1. The molecule has 0 saturated carbocycles. The second kappa shape index (κ2) is 6.54. The van der Waals surface area contributed by atoms with Gasteiger partial charge in [0.1, 0.15) is 11.6 Å². The second-order valence-electron chi connectivity index (χ2n) is 6.59. The third-order valence-corrected chi connectivity index (χ3v) is 4.74. The monoisotopic (exact) mass is 357 g/mol. The smallest absolute Gasteiger partial charge is 0.244 e. The Hall–Kier alpha value is -3.72. The molecule has 6 nitrogen and oxygen atoms in total. The molecule has 134 valence electrons. The van der Waals surface area contributed by atoms with Crippen LogP contribution < -0.4 is 15.4 Å². The number of H-pyrrole nitrogens is 1. The highest BCUT2D eigenvalue weighted by Gasteiger charge is 2.35. The average Bonchev–Trinajstić information content (AvgIpc) is 3.11. The van der Waals surface area contributed by atoms with Crippen LogP contribution in [0.15, 0.2) is 66.1 Å². The normalized spacial score (nSPS) is 15.7. The van der Waals surface area contributed by atoms with Crippen LogP contribution in [-0.4, -0.2) is 24.3 Å². The van der Waals surface area contributed by atoms with Crippen molar-refractivity contribution in [3.63, 3.8) is 0 Å². The summed E-state index contributed by atoms with van der Waals surface area (Å²) in [5.74, 6) is 0.161. The van der Waals surface area contributed by atoms with Crippen molar-refractivity contribution in [1.29, 1.82) is 5.26 Å². The van der Waals surface area contributed by atoms with E-state index in [1.807, 2.05) is 73.6 Å². The third kappa shape index (κ3) is 2.79. The van der Waals surface area contributed by atoms with Gasteiger partial charge in [-0.05, 0) is 23.3 Å². The minimum atomic E-state index is -0.344. The summed E-state index contributed by atoms with van der Waals surface area (Å²) in [7, 11) is 3.98. The number of allylic oxidation sites excluding steroid dienone is 1. The second-order valence-corrected chi connectivity index (χ2v) is 6.59. The molecule has 0 fully saturated rings. The van der Waals surface area contributed by atoms with Gasteiger partial charge in [0.25, 0.3) is 0 Å². The predicted octanol–water partition coefficient (Wildman–Crippen LogP) is 3.36. The van der Waals surface area contributed by atoms with Crippen molar-refractivity contribution in [3.05, 3.63) is 77.2 Å².